The van der Waals surface area contributed by atoms with Crippen LogP contribution < -0.4 is 0 Å². The molecule has 144 valence electrons. The molecular weight excluding hydrogens is 396 g/mol. The Hall–Kier alpha value is -2.62. The van der Waals surface area contributed by atoms with Crippen molar-refractivity contribution in [3.05, 3.63) is 106 Å². The molecule has 0 spiro atoms. The first-order valence-electron chi connectivity index (χ1n) is 9.87. The van der Waals surface area contributed by atoms with Gasteiger partial charge in [-0.05, 0) is 41.3 Å². The molecule has 0 amide bonds. The zero-order chi connectivity index (χ0) is 19.8. The third kappa shape index (κ3) is 3.57. The topological polar surface area (TPSA) is 8.17 Å². The molecule has 3 aromatic carbocycles. The molecule has 0 fully saturated rings. The van der Waals surface area contributed by atoms with Crippen molar-refractivity contribution in [2.24, 2.45) is 0 Å². The van der Waals surface area contributed by atoms with Crippen molar-refractivity contribution in [2.45, 2.75) is 19.5 Å². The largest absolute Gasteiger partial charge is 0.358 e. The number of nitrogens with zero attached hydrogens (tertiary/aromatic N) is 2. The van der Waals surface area contributed by atoms with E-state index >= 15 is 0 Å². The van der Waals surface area contributed by atoms with Crippen molar-refractivity contribution in [3.8, 4) is 0 Å². The number of rotatable bonds is 3. The lowest BCUT2D eigenvalue weighted by atomic mass is 9.99. The standard InChI is InChI=1S/C25H21ClN2S/c26-21-11-9-18(10-12-21)15-28-17-23(22-7-3-4-8-24(22)28)25(29)27-14-13-19-5-1-2-6-20(19)16-27/h1-12,17H,13-16H2. The van der Waals surface area contributed by atoms with Gasteiger partial charge in [-0.3, -0.25) is 0 Å². The molecule has 0 saturated carbocycles. The van der Waals surface area contributed by atoms with E-state index in [0.717, 1.165) is 41.6 Å². The van der Waals surface area contributed by atoms with Crippen LogP contribution in [0.4, 0.5) is 0 Å². The number of thiocarbonyl (C=S) groups is 1. The summed E-state index contributed by atoms with van der Waals surface area (Å²) in [5, 5.41) is 1.98. The Balaban J connectivity index is 1.49. The van der Waals surface area contributed by atoms with Crippen LogP contribution >= 0.6 is 23.8 Å². The summed E-state index contributed by atoms with van der Waals surface area (Å²) in [4.78, 5) is 3.28. The van der Waals surface area contributed by atoms with Crippen molar-refractivity contribution in [2.75, 3.05) is 6.54 Å². The molecule has 5 rings (SSSR count). The third-order valence-corrected chi connectivity index (χ3v) is 6.43. The van der Waals surface area contributed by atoms with Gasteiger partial charge in [0.25, 0.3) is 0 Å². The monoisotopic (exact) mass is 416 g/mol. The molecule has 0 saturated heterocycles. The second-order valence-corrected chi connectivity index (χ2v) is 8.38. The normalized spacial score (nSPS) is 13.5. The molecular formula is C25H21ClN2S. The number of fused-ring (bicyclic) bond motifs is 2. The Kier molecular flexibility index (Phi) is 4.86. The molecule has 0 unspecified atom stereocenters. The maximum absolute atomic E-state index is 6.05. The Morgan fingerprint density at radius 1 is 0.897 bits per heavy atom. The predicted molar refractivity (Wildman–Crippen MR) is 125 cm³/mol. The summed E-state index contributed by atoms with van der Waals surface area (Å²) in [6.07, 6.45) is 3.25. The first-order chi connectivity index (χ1) is 14.2. The number of hydrogen-bond donors (Lipinski definition) is 0. The van der Waals surface area contributed by atoms with Gasteiger partial charge in [-0.1, -0.05) is 78.4 Å². The van der Waals surface area contributed by atoms with Crippen LogP contribution in [-0.2, 0) is 19.5 Å². The molecule has 2 heterocycles. The van der Waals surface area contributed by atoms with E-state index in [4.69, 9.17) is 23.8 Å². The van der Waals surface area contributed by atoms with Crippen molar-refractivity contribution in [1.29, 1.82) is 0 Å². The zero-order valence-corrected chi connectivity index (χ0v) is 17.6. The molecule has 4 aromatic rings. The van der Waals surface area contributed by atoms with Crippen LogP contribution in [0.1, 0.15) is 22.3 Å². The fourth-order valence-electron chi connectivity index (χ4n) is 4.17. The van der Waals surface area contributed by atoms with Crippen LogP contribution in [0.15, 0.2) is 79.0 Å². The average Bonchev–Trinajstić information content (AvgIpc) is 3.13. The SMILES string of the molecule is S=C(c1cn(Cc2ccc(Cl)cc2)c2ccccc12)N1CCc2ccccc2C1. The van der Waals surface area contributed by atoms with Crippen molar-refractivity contribution in [3.63, 3.8) is 0 Å². The highest BCUT2D eigenvalue weighted by molar-refractivity contribution is 7.80. The van der Waals surface area contributed by atoms with Gasteiger partial charge in [0.05, 0.1) is 0 Å². The summed E-state index contributed by atoms with van der Waals surface area (Å²) in [6, 6.07) is 25.3. The number of aromatic nitrogens is 1. The fraction of sp³-hybridized carbons (Fsp3) is 0.160. The summed E-state index contributed by atoms with van der Waals surface area (Å²) in [6.45, 7) is 2.64. The molecule has 1 aliphatic rings. The minimum atomic E-state index is 0.762. The molecule has 0 radical (unpaired) electrons. The van der Waals surface area contributed by atoms with E-state index in [-0.39, 0.29) is 0 Å². The molecule has 0 atom stereocenters. The Bertz CT molecular complexity index is 1190. The Morgan fingerprint density at radius 3 is 2.45 bits per heavy atom. The number of hydrogen-bond acceptors (Lipinski definition) is 1. The van der Waals surface area contributed by atoms with Gasteiger partial charge >= 0.3 is 0 Å². The van der Waals surface area contributed by atoms with Gasteiger partial charge in [0.2, 0.25) is 0 Å². The minimum absolute atomic E-state index is 0.762. The van der Waals surface area contributed by atoms with Gasteiger partial charge in [0.1, 0.15) is 4.99 Å². The van der Waals surface area contributed by atoms with E-state index in [2.05, 4.69) is 76.3 Å². The summed E-state index contributed by atoms with van der Waals surface area (Å²) >= 11 is 12.0. The van der Waals surface area contributed by atoms with Gasteiger partial charge in [0.15, 0.2) is 0 Å². The molecule has 2 nitrogen and oxygen atoms in total. The lowest BCUT2D eigenvalue weighted by Crippen LogP contribution is -2.35. The van der Waals surface area contributed by atoms with E-state index in [1.54, 1.807) is 0 Å². The van der Waals surface area contributed by atoms with E-state index in [9.17, 15) is 0 Å². The molecule has 1 aliphatic heterocycles. The first-order valence-corrected chi connectivity index (χ1v) is 10.7. The third-order valence-electron chi connectivity index (χ3n) is 5.70. The smallest absolute Gasteiger partial charge is 0.111 e. The van der Waals surface area contributed by atoms with Crippen LogP contribution in [0.25, 0.3) is 10.9 Å². The maximum Gasteiger partial charge on any atom is 0.111 e. The van der Waals surface area contributed by atoms with Crippen LogP contribution in [0.2, 0.25) is 5.02 Å². The van der Waals surface area contributed by atoms with Gasteiger partial charge in [-0.25, -0.2) is 0 Å². The van der Waals surface area contributed by atoms with Crippen LogP contribution in [0.3, 0.4) is 0 Å². The quantitative estimate of drug-likeness (QED) is 0.374. The minimum Gasteiger partial charge on any atom is -0.358 e. The summed E-state index contributed by atoms with van der Waals surface area (Å²) in [5.74, 6) is 0. The van der Waals surface area contributed by atoms with Crippen molar-refractivity contribution >= 4 is 39.7 Å². The highest BCUT2D eigenvalue weighted by Gasteiger charge is 2.21. The average molecular weight is 417 g/mol. The highest BCUT2D eigenvalue weighted by Crippen LogP contribution is 2.27. The summed E-state index contributed by atoms with van der Waals surface area (Å²) in [5.41, 5.74) is 6.39. The molecule has 0 N–H and O–H groups in total. The highest BCUT2D eigenvalue weighted by atomic mass is 35.5. The van der Waals surface area contributed by atoms with E-state index in [1.165, 1.54) is 27.6 Å². The summed E-state index contributed by atoms with van der Waals surface area (Å²) in [7, 11) is 0. The molecule has 1 aromatic heterocycles. The first kappa shape index (κ1) is 18.4. The second kappa shape index (κ2) is 7.66. The van der Waals surface area contributed by atoms with Crippen molar-refractivity contribution < 1.29 is 0 Å². The lowest BCUT2D eigenvalue weighted by molar-refractivity contribution is 0.401. The van der Waals surface area contributed by atoms with Crippen LogP contribution in [0, 0.1) is 0 Å². The molecule has 29 heavy (non-hydrogen) atoms. The maximum atomic E-state index is 6.05. The number of para-hydroxylation sites is 1. The Labute approximate surface area is 181 Å². The zero-order valence-electron chi connectivity index (χ0n) is 16.0. The molecule has 0 bridgehead atoms. The summed E-state index contributed by atoms with van der Waals surface area (Å²) < 4.78 is 2.29. The van der Waals surface area contributed by atoms with Gasteiger partial charge < -0.3 is 9.47 Å². The van der Waals surface area contributed by atoms with Crippen LogP contribution in [0.5, 0.6) is 0 Å². The Morgan fingerprint density at radius 2 is 1.62 bits per heavy atom. The van der Waals surface area contributed by atoms with Gasteiger partial charge in [-0.15, -0.1) is 0 Å². The van der Waals surface area contributed by atoms with Gasteiger partial charge in [0, 0.05) is 47.3 Å². The molecule has 0 aliphatic carbocycles. The van der Waals surface area contributed by atoms with E-state index in [1.807, 2.05) is 12.1 Å². The number of halogens is 1. The van der Waals surface area contributed by atoms with Crippen LogP contribution in [-0.4, -0.2) is 21.0 Å². The predicted octanol–water partition coefficient (Wildman–Crippen LogP) is 6.08. The van der Waals surface area contributed by atoms with Crippen molar-refractivity contribution in [1.82, 2.24) is 9.47 Å². The lowest BCUT2D eigenvalue weighted by Gasteiger charge is -2.30. The van der Waals surface area contributed by atoms with E-state index < -0.39 is 0 Å². The molecule has 4 heteroatoms. The second-order valence-electron chi connectivity index (χ2n) is 7.56. The fourth-order valence-corrected chi connectivity index (χ4v) is 4.62. The number of benzene rings is 3. The van der Waals surface area contributed by atoms with Gasteiger partial charge in [-0.2, -0.15) is 0 Å². The van der Waals surface area contributed by atoms with E-state index in [0.29, 0.717) is 0 Å².